The monoisotopic (exact) mass is 350 g/mol. The van der Waals surface area contributed by atoms with Gasteiger partial charge < -0.3 is 9.30 Å². The second-order valence-corrected chi connectivity index (χ2v) is 7.42. The number of esters is 1. The van der Waals surface area contributed by atoms with Crippen molar-refractivity contribution in [3.8, 4) is 0 Å². The Kier molecular flexibility index (Phi) is 5.49. The molecule has 0 radical (unpaired) electrons. The number of H-pyrrole nitrogens is 1. The summed E-state index contributed by atoms with van der Waals surface area (Å²) in [4.78, 5) is 42.8. The van der Waals surface area contributed by atoms with Crippen LogP contribution in [0.3, 0.4) is 0 Å². The highest BCUT2D eigenvalue weighted by Gasteiger charge is 2.20. The first kappa shape index (κ1) is 19.0. The largest absolute Gasteiger partial charge is 0.457 e. The molecule has 0 aliphatic rings. The number of hydrogen-bond donors (Lipinski definition) is 1. The Morgan fingerprint density at radius 2 is 1.96 bits per heavy atom. The maximum absolute atomic E-state index is 12.1. The van der Waals surface area contributed by atoms with E-state index >= 15 is 0 Å². The van der Waals surface area contributed by atoms with E-state index in [-0.39, 0.29) is 18.0 Å². The van der Waals surface area contributed by atoms with Gasteiger partial charge in [-0.25, -0.2) is 9.78 Å². The van der Waals surface area contributed by atoms with Crippen LogP contribution >= 0.6 is 0 Å². The number of nitrogens with zero attached hydrogens (tertiary/aromatic N) is 3. The zero-order valence-corrected chi connectivity index (χ0v) is 15.5. The number of carbonyl (C=O) groups is 1. The normalized spacial score (nSPS) is 11.9. The van der Waals surface area contributed by atoms with Gasteiger partial charge in [0.25, 0.3) is 5.56 Å². The van der Waals surface area contributed by atoms with Gasteiger partial charge in [0.2, 0.25) is 0 Å². The summed E-state index contributed by atoms with van der Waals surface area (Å²) >= 11 is 0. The third kappa shape index (κ3) is 4.37. The number of aromatic amines is 1. The third-order valence-electron chi connectivity index (χ3n) is 3.88. The van der Waals surface area contributed by atoms with Crippen molar-refractivity contribution in [3.63, 3.8) is 0 Å². The molecule has 2 heterocycles. The number of rotatable bonds is 6. The highest BCUT2D eigenvalue weighted by molar-refractivity contribution is 5.72. The van der Waals surface area contributed by atoms with E-state index in [2.05, 4.69) is 9.97 Å². The third-order valence-corrected chi connectivity index (χ3v) is 3.88. The molecule has 0 saturated heterocycles. The first-order valence-electron chi connectivity index (χ1n) is 8.48. The van der Waals surface area contributed by atoms with Crippen molar-refractivity contribution >= 4 is 17.1 Å². The Balaban J connectivity index is 2.35. The fourth-order valence-electron chi connectivity index (χ4n) is 2.57. The number of ether oxygens (including phenoxy) is 1. The van der Waals surface area contributed by atoms with E-state index in [1.165, 1.54) is 4.57 Å². The molecule has 8 nitrogen and oxygen atoms in total. The number of aromatic nitrogens is 4. The Hall–Kier alpha value is -2.38. The van der Waals surface area contributed by atoms with Crippen LogP contribution in [0.4, 0.5) is 0 Å². The lowest BCUT2D eigenvalue weighted by Gasteiger charge is -2.16. The number of hydrogen-bond acceptors (Lipinski definition) is 5. The van der Waals surface area contributed by atoms with E-state index in [1.807, 2.05) is 27.7 Å². The van der Waals surface area contributed by atoms with Crippen LogP contribution in [0.2, 0.25) is 0 Å². The highest BCUT2D eigenvalue weighted by atomic mass is 16.5. The van der Waals surface area contributed by atoms with Gasteiger partial charge in [0.15, 0.2) is 11.2 Å². The predicted octanol–water partition coefficient (Wildman–Crippen LogP) is 1.70. The van der Waals surface area contributed by atoms with Gasteiger partial charge in [-0.1, -0.05) is 34.1 Å². The van der Waals surface area contributed by atoms with Crippen molar-refractivity contribution in [1.82, 2.24) is 19.1 Å². The van der Waals surface area contributed by atoms with E-state index in [9.17, 15) is 14.4 Å². The molecule has 2 aromatic heterocycles. The summed E-state index contributed by atoms with van der Waals surface area (Å²) in [5, 5.41) is 0. The van der Waals surface area contributed by atoms with Gasteiger partial charge in [0, 0.05) is 13.6 Å². The Labute approximate surface area is 145 Å². The number of imidazole rings is 1. The minimum absolute atomic E-state index is 0.0402. The molecule has 0 saturated carbocycles. The summed E-state index contributed by atoms with van der Waals surface area (Å²) in [6, 6.07) is 0. The topological polar surface area (TPSA) is 99.0 Å². The number of aryl methyl sites for hydroxylation is 2. The van der Waals surface area contributed by atoms with Crippen molar-refractivity contribution in [3.05, 3.63) is 26.7 Å². The van der Waals surface area contributed by atoms with Crippen molar-refractivity contribution < 1.29 is 9.53 Å². The van der Waals surface area contributed by atoms with E-state index < -0.39 is 11.2 Å². The van der Waals surface area contributed by atoms with Crippen molar-refractivity contribution in [2.75, 3.05) is 0 Å². The maximum atomic E-state index is 12.1. The first-order valence-corrected chi connectivity index (χ1v) is 8.48. The SMILES string of the molecule is CCCCn1c(=O)[nH]c(=O)c2c1nc(COC(=O)CC(C)(C)C)n2C. The fraction of sp³-hybridized carbons (Fsp3) is 0.647. The lowest BCUT2D eigenvalue weighted by Crippen LogP contribution is -2.31. The Morgan fingerprint density at radius 3 is 2.56 bits per heavy atom. The zero-order chi connectivity index (χ0) is 18.8. The standard InChI is InChI=1S/C17H26N4O4/c1-6-7-8-21-14-13(15(23)19-16(21)24)20(5)11(18-14)10-25-12(22)9-17(2,3)4/h6-10H2,1-5H3,(H,19,23,24). The predicted molar refractivity (Wildman–Crippen MR) is 94.4 cm³/mol. The molecule has 1 N–H and O–H groups in total. The summed E-state index contributed by atoms with van der Waals surface area (Å²) in [5.41, 5.74) is -0.499. The molecule has 0 aliphatic heterocycles. The van der Waals surface area contributed by atoms with Gasteiger partial charge in [0.1, 0.15) is 12.4 Å². The molecule has 0 aliphatic carbocycles. The van der Waals surface area contributed by atoms with Gasteiger partial charge in [-0.3, -0.25) is 19.1 Å². The average molecular weight is 350 g/mol. The minimum Gasteiger partial charge on any atom is -0.457 e. The molecule has 2 aromatic rings. The average Bonchev–Trinajstić information content (AvgIpc) is 2.80. The molecule has 138 valence electrons. The van der Waals surface area contributed by atoms with Gasteiger partial charge in [0.05, 0.1) is 6.42 Å². The molecule has 8 heteroatoms. The van der Waals surface area contributed by atoms with Crippen LogP contribution in [-0.4, -0.2) is 25.1 Å². The Bertz CT molecular complexity index is 883. The summed E-state index contributed by atoms with van der Waals surface area (Å²) < 4.78 is 8.31. The molecule has 0 atom stereocenters. The molecule has 0 spiro atoms. The van der Waals surface area contributed by atoms with Crippen LogP contribution in [0.25, 0.3) is 11.2 Å². The van der Waals surface area contributed by atoms with E-state index in [4.69, 9.17) is 4.74 Å². The molecule has 2 rings (SSSR count). The first-order chi connectivity index (χ1) is 11.6. The van der Waals surface area contributed by atoms with Crippen LogP contribution in [0.1, 0.15) is 52.8 Å². The van der Waals surface area contributed by atoms with Crippen LogP contribution in [0.5, 0.6) is 0 Å². The van der Waals surface area contributed by atoms with E-state index in [1.54, 1.807) is 11.6 Å². The Morgan fingerprint density at radius 1 is 1.28 bits per heavy atom. The van der Waals surface area contributed by atoms with Crippen molar-refractivity contribution in [1.29, 1.82) is 0 Å². The molecule has 25 heavy (non-hydrogen) atoms. The lowest BCUT2D eigenvalue weighted by atomic mass is 9.93. The fourth-order valence-corrected chi connectivity index (χ4v) is 2.57. The van der Waals surface area contributed by atoms with Crippen molar-refractivity contribution in [2.24, 2.45) is 12.5 Å². The van der Waals surface area contributed by atoms with Gasteiger partial charge in [-0.15, -0.1) is 0 Å². The molecule has 0 amide bonds. The molecule has 0 unspecified atom stereocenters. The number of fused-ring (bicyclic) bond motifs is 1. The van der Waals surface area contributed by atoms with Gasteiger partial charge in [-0.05, 0) is 11.8 Å². The molecule has 0 fully saturated rings. The lowest BCUT2D eigenvalue weighted by molar-refractivity contribution is -0.147. The quantitative estimate of drug-likeness (QED) is 0.800. The number of unbranched alkanes of at least 4 members (excludes halogenated alkanes) is 1. The second-order valence-electron chi connectivity index (χ2n) is 7.42. The summed E-state index contributed by atoms with van der Waals surface area (Å²) in [6.45, 7) is 8.32. The zero-order valence-electron chi connectivity index (χ0n) is 15.5. The van der Waals surface area contributed by atoms with Crippen LogP contribution in [0, 0.1) is 5.41 Å². The molecular weight excluding hydrogens is 324 g/mol. The van der Waals surface area contributed by atoms with Gasteiger partial charge in [-0.2, -0.15) is 0 Å². The van der Waals surface area contributed by atoms with Crippen LogP contribution < -0.4 is 11.2 Å². The minimum atomic E-state index is -0.491. The van der Waals surface area contributed by atoms with Gasteiger partial charge >= 0.3 is 11.7 Å². The van der Waals surface area contributed by atoms with E-state index in [0.717, 1.165) is 12.8 Å². The summed E-state index contributed by atoms with van der Waals surface area (Å²) in [7, 11) is 1.67. The van der Waals surface area contributed by atoms with E-state index in [0.29, 0.717) is 30.0 Å². The summed E-state index contributed by atoms with van der Waals surface area (Å²) in [6.07, 6.45) is 2.00. The maximum Gasteiger partial charge on any atom is 0.330 e. The van der Waals surface area contributed by atoms with Crippen LogP contribution in [0.15, 0.2) is 9.59 Å². The highest BCUT2D eigenvalue weighted by Crippen LogP contribution is 2.19. The summed E-state index contributed by atoms with van der Waals surface area (Å²) in [5.74, 6) is 0.107. The van der Waals surface area contributed by atoms with Crippen LogP contribution in [-0.2, 0) is 29.7 Å². The molecular formula is C17H26N4O4. The second kappa shape index (κ2) is 7.25. The number of nitrogens with one attached hydrogen (secondary N) is 1. The smallest absolute Gasteiger partial charge is 0.330 e. The molecule has 0 aromatic carbocycles. The molecule has 0 bridgehead atoms. The van der Waals surface area contributed by atoms with Crippen molar-refractivity contribution in [2.45, 2.75) is 60.1 Å². The number of carbonyl (C=O) groups excluding carboxylic acids is 1.